The lowest BCUT2D eigenvalue weighted by Gasteiger charge is -2.10. The number of amides is 1. The second-order valence-electron chi connectivity index (χ2n) is 4.44. The van der Waals surface area contributed by atoms with Crippen LogP contribution in [0.2, 0.25) is 0 Å². The van der Waals surface area contributed by atoms with E-state index in [1.165, 1.54) is 0 Å². The first-order valence-electron chi connectivity index (χ1n) is 6.14. The maximum atomic E-state index is 11.6. The van der Waals surface area contributed by atoms with Gasteiger partial charge < -0.3 is 5.73 Å². The molecule has 19 heavy (non-hydrogen) atoms. The second-order valence-corrected chi connectivity index (χ2v) is 4.44. The van der Waals surface area contributed by atoms with Crippen molar-refractivity contribution in [3.63, 3.8) is 0 Å². The summed E-state index contributed by atoms with van der Waals surface area (Å²) in [5, 5.41) is 2.28. The van der Waals surface area contributed by atoms with Gasteiger partial charge in [0, 0.05) is 5.56 Å². The second kappa shape index (κ2) is 4.58. The van der Waals surface area contributed by atoms with Gasteiger partial charge in [-0.2, -0.15) is 0 Å². The Hall–Kier alpha value is -2.61. The van der Waals surface area contributed by atoms with Gasteiger partial charge in [0.25, 0.3) is 0 Å². The van der Waals surface area contributed by atoms with Crippen LogP contribution in [0.1, 0.15) is 10.4 Å². The van der Waals surface area contributed by atoms with Crippen LogP contribution in [0.3, 0.4) is 0 Å². The molecule has 0 unspecified atom stereocenters. The number of primary amides is 1. The molecule has 0 aliphatic carbocycles. The maximum absolute atomic E-state index is 11.6. The van der Waals surface area contributed by atoms with Crippen molar-refractivity contribution in [3.05, 3.63) is 72.3 Å². The number of hydrogen-bond acceptors (Lipinski definition) is 1. The number of carbonyl (C=O) groups excluding carboxylic acids is 1. The molecule has 3 rings (SSSR count). The minimum absolute atomic E-state index is 0.400. The van der Waals surface area contributed by atoms with E-state index in [0.29, 0.717) is 5.56 Å². The molecule has 0 saturated heterocycles. The van der Waals surface area contributed by atoms with Gasteiger partial charge in [-0.15, -0.1) is 0 Å². The molecule has 0 bridgehead atoms. The van der Waals surface area contributed by atoms with Gasteiger partial charge in [0.05, 0.1) is 0 Å². The van der Waals surface area contributed by atoms with E-state index >= 15 is 0 Å². The zero-order chi connectivity index (χ0) is 13.2. The van der Waals surface area contributed by atoms with Gasteiger partial charge in [-0.1, -0.05) is 60.7 Å². The molecule has 2 N–H and O–H groups in total. The molecular formula is C17H13NO. The van der Waals surface area contributed by atoms with Gasteiger partial charge >= 0.3 is 0 Å². The van der Waals surface area contributed by atoms with Gasteiger partial charge in [0.15, 0.2) is 0 Å². The summed E-state index contributed by atoms with van der Waals surface area (Å²) in [6.45, 7) is 0. The summed E-state index contributed by atoms with van der Waals surface area (Å²) in [6.07, 6.45) is 0. The third-order valence-electron chi connectivity index (χ3n) is 3.27. The van der Waals surface area contributed by atoms with Crippen molar-refractivity contribution in [2.24, 2.45) is 5.73 Å². The highest BCUT2D eigenvalue weighted by molar-refractivity contribution is 6.05. The monoisotopic (exact) mass is 247 g/mol. The predicted octanol–water partition coefficient (Wildman–Crippen LogP) is 3.61. The summed E-state index contributed by atoms with van der Waals surface area (Å²) in [7, 11) is 0. The van der Waals surface area contributed by atoms with Gasteiger partial charge in [-0.05, 0) is 28.0 Å². The molecule has 2 nitrogen and oxygen atoms in total. The van der Waals surface area contributed by atoms with Crippen LogP contribution < -0.4 is 5.73 Å². The molecule has 92 valence electrons. The zero-order valence-corrected chi connectivity index (χ0v) is 10.3. The van der Waals surface area contributed by atoms with Crippen LogP contribution in [0.4, 0.5) is 0 Å². The molecule has 1 amide bonds. The van der Waals surface area contributed by atoms with Crippen LogP contribution in [0.25, 0.3) is 21.9 Å². The van der Waals surface area contributed by atoms with Crippen molar-refractivity contribution < 1.29 is 4.79 Å². The summed E-state index contributed by atoms with van der Waals surface area (Å²) in [4.78, 5) is 11.6. The largest absolute Gasteiger partial charge is 0.366 e. The van der Waals surface area contributed by atoms with Crippen molar-refractivity contribution in [3.8, 4) is 11.1 Å². The molecule has 0 radical (unpaired) electrons. The molecule has 2 heteroatoms. The molecule has 3 aromatic carbocycles. The molecule has 0 fully saturated rings. The van der Waals surface area contributed by atoms with Crippen LogP contribution in [0.5, 0.6) is 0 Å². The summed E-state index contributed by atoms with van der Waals surface area (Å²) in [6, 6.07) is 21.6. The van der Waals surface area contributed by atoms with E-state index in [1.807, 2.05) is 42.5 Å². The van der Waals surface area contributed by atoms with Crippen LogP contribution >= 0.6 is 0 Å². The van der Waals surface area contributed by atoms with Gasteiger partial charge in [0.1, 0.15) is 0 Å². The van der Waals surface area contributed by atoms with Crippen molar-refractivity contribution >= 4 is 16.7 Å². The highest BCUT2D eigenvalue weighted by Crippen LogP contribution is 2.30. The Morgan fingerprint density at radius 3 is 2.21 bits per heavy atom. The molecule has 0 aliphatic heterocycles. The fraction of sp³-hybridized carbons (Fsp3) is 0. The maximum Gasteiger partial charge on any atom is 0.249 e. The van der Waals surface area contributed by atoms with Crippen LogP contribution in [0.15, 0.2) is 66.7 Å². The Bertz CT molecular complexity index is 757. The first-order chi connectivity index (χ1) is 9.27. The van der Waals surface area contributed by atoms with E-state index in [4.69, 9.17) is 5.73 Å². The Balaban J connectivity index is 2.34. The quantitative estimate of drug-likeness (QED) is 0.738. The summed E-state index contributed by atoms with van der Waals surface area (Å²) in [5.41, 5.74) is 7.93. The Morgan fingerprint density at radius 1 is 0.737 bits per heavy atom. The molecule has 0 aliphatic rings. The van der Waals surface area contributed by atoms with Gasteiger partial charge in [0.2, 0.25) is 5.91 Å². The fourth-order valence-corrected chi connectivity index (χ4v) is 2.39. The average Bonchev–Trinajstić information content (AvgIpc) is 2.46. The highest BCUT2D eigenvalue weighted by Gasteiger charge is 2.11. The normalized spacial score (nSPS) is 10.5. The lowest BCUT2D eigenvalue weighted by Crippen LogP contribution is -2.12. The zero-order valence-electron chi connectivity index (χ0n) is 10.3. The highest BCUT2D eigenvalue weighted by atomic mass is 16.1. The third-order valence-corrected chi connectivity index (χ3v) is 3.27. The predicted molar refractivity (Wildman–Crippen MR) is 77.9 cm³/mol. The minimum Gasteiger partial charge on any atom is -0.366 e. The van der Waals surface area contributed by atoms with E-state index in [2.05, 4.69) is 18.2 Å². The SMILES string of the molecule is NC(=O)c1ccccc1-c1cccc2ccccc12. The van der Waals surface area contributed by atoms with E-state index in [9.17, 15) is 4.79 Å². The fourth-order valence-electron chi connectivity index (χ4n) is 2.39. The van der Waals surface area contributed by atoms with Crippen LogP contribution in [-0.4, -0.2) is 5.91 Å². The van der Waals surface area contributed by atoms with Crippen molar-refractivity contribution in [1.29, 1.82) is 0 Å². The lowest BCUT2D eigenvalue weighted by molar-refractivity contribution is 0.100. The number of rotatable bonds is 2. The van der Waals surface area contributed by atoms with Gasteiger partial charge in [-0.25, -0.2) is 0 Å². The number of benzene rings is 3. The summed E-state index contributed by atoms with van der Waals surface area (Å²) in [5.74, 6) is -0.400. The van der Waals surface area contributed by atoms with E-state index in [1.54, 1.807) is 6.07 Å². The van der Waals surface area contributed by atoms with E-state index in [0.717, 1.165) is 21.9 Å². The standard InChI is InChI=1S/C17H13NO/c18-17(19)16-10-4-3-9-15(16)14-11-5-7-12-6-1-2-8-13(12)14/h1-11H,(H2,18,19). The molecule has 0 saturated carbocycles. The van der Waals surface area contributed by atoms with Crippen LogP contribution in [0, 0.1) is 0 Å². The number of fused-ring (bicyclic) bond motifs is 1. The molecule has 0 aromatic heterocycles. The third kappa shape index (κ3) is 1.97. The van der Waals surface area contributed by atoms with Crippen molar-refractivity contribution in [2.75, 3.05) is 0 Å². The Kier molecular flexibility index (Phi) is 2.76. The molecule has 0 atom stereocenters. The van der Waals surface area contributed by atoms with Crippen molar-refractivity contribution in [1.82, 2.24) is 0 Å². The Morgan fingerprint density at radius 2 is 1.37 bits per heavy atom. The summed E-state index contributed by atoms with van der Waals surface area (Å²) < 4.78 is 0. The molecule has 0 spiro atoms. The van der Waals surface area contributed by atoms with Gasteiger partial charge in [-0.3, -0.25) is 4.79 Å². The van der Waals surface area contributed by atoms with Crippen LogP contribution in [-0.2, 0) is 0 Å². The first kappa shape index (κ1) is 11.5. The first-order valence-corrected chi connectivity index (χ1v) is 6.14. The number of carbonyl (C=O) groups is 1. The minimum atomic E-state index is -0.400. The molecule has 0 heterocycles. The number of nitrogens with two attached hydrogens (primary N) is 1. The number of hydrogen-bond donors (Lipinski definition) is 1. The Labute approximate surface area is 111 Å². The smallest absolute Gasteiger partial charge is 0.249 e. The van der Waals surface area contributed by atoms with E-state index in [-0.39, 0.29) is 0 Å². The topological polar surface area (TPSA) is 43.1 Å². The van der Waals surface area contributed by atoms with Crippen molar-refractivity contribution in [2.45, 2.75) is 0 Å². The summed E-state index contributed by atoms with van der Waals surface area (Å²) >= 11 is 0. The average molecular weight is 247 g/mol. The molecule has 3 aromatic rings. The lowest BCUT2D eigenvalue weighted by atomic mass is 9.94. The van der Waals surface area contributed by atoms with E-state index < -0.39 is 5.91 Å². The molecular weight excluding hydrogens is 234 g/mol.